The van der Waals surface area contributed by atoms with Crippen LogP contribution >= 0.6 is 7.67 Å². The van der Waals surface area contributed by atoms with Gasteiger partial charge in [0.1, 0.15) is 24.7 Å². The summed E-state index contributed by atoms with van der Waals surface area (Å²) in [5, 5.41) is 3.81. The monoisotopic (exact) mass is 292 g/mol. The van der Waals surface area contributed by atoms with Crippen molar-refractivity contribution in [1.29, 1.82) is 0 Å². The molecule has 2 N–H and O–H groups in total. The van der Waals surface area contributed by atoms with Gasteiger partial charge >= 0.3 is 7.67 Å². The lowest BCUT2D eigenvalue weighted by Gasteiger charge is -2.15. The van der Waals surface area contributed by atoms with Gasteiger partial charge in [-0.2, -0.15) is 4.76 Å². The van der Waals surface area contributed by atoms with Gasteiger partial charge in [-0.05, 0) is 18.6 Å². The minimum Gasteiger partial charge on any atom is -0.411 e. The van der Waals surface area contributed by atoms with Crippen LogP contribution in [0.4, 0.5) is 0 Å². The number of hydrogen-bond donors (Lipinski definition) is 1. The molecule has 0 saturated heterocycles. The van der Waals surface area contributed by atoms with Crippen molar-refractivity contribution in [2.45, 2.75) is 6.92 Å². The molecule has 0 fully saturated rings. The van der Waals surface area contributed by atoms with Crippen LogP contribution in [0.25, 0.3) is 0 Å². The zero-order valence-electron chi connectivity index (χ0n) is 10.7. The number of nitrogens with zero attached hydrogens (tertiary/aromatic N) is 5. The van der Waals surface area contributed by atoms with Crippen molar-refractivity contribution < 1.29 is 9.09 Å². The molecule has 1 aromatic carbocycles. The van der Waals surface area contributed by atoms with Crippen molar-refractivity contribution in [3.63, 3.8) is 0 Å². The van der Waals surface area contributed by atoms with Gasteiger partial charge in [0, 0.05) is 0 Å². The summed E-state index contributed by atoms with van der Waals surface area (Å²) in [4.78, 5) is 7.32. The number of nitrogens with two attached hydrogens (primary N) is 1. The van der Waals surface area contributed by atoms with Crippen molar-refractivity contribution in [1.82, 2.24) is 14.5 Å². The Morgan fingerprint density at radius 2 is 2.25 bits per heavy atom. The summed E-state index contributed by atoms with van der Waals surface area (Å²) >= 11 is 0. The minimum absolute atomic E-state index is 0.445. The Bertz CT molecular complexity index is 667. The fourth-order valence-corrected chi connectivity index (χ4v) is 2.63. The van der Waals surface area contributed by atoms with E-state index < -0.39 is 7.67 Å². The normalized spacial score (nSPS) is 14.7. The first kappa shape index (κ1) is 14.0. The average molecular weight is 292 g/mol. The van der Waals surface area contributed by atoms with E-state index in [1.165, 1.54) is 12.7 Å². The van der Waals surface area contributed by atoms with Gasteiger partial charge in [0.15, 0.2) is 0 Å². The Labute approximate surface area is 115 Å². The van der Waals surface area contributed by atoms with E-state index in [1.807, 2.05) is 19.1 Å². The van der Waals surface area contributed by atoms with E-state index in [4.69, 9.17) is 10.3 Å². The van der Waals surface area contributed by atoms with E-state index in [-0.39, 0.29) is 0 Å². The zero-order valence-corrected chi connectivity index (χ0v) is 11.6. The average Bonchev–Trinajstić information content (AvgIpc) is 2.96. The summed E-state index contributed by atoms with van der Waals surface area (Å²) < 4.78 is 23.2. The van der Waals surface area contributed by atoms with Gasteiger partial charge in [0.2, 0.25) is 0 Å². The smallest absolute Gasteiger partial charge is 0.411 e. The van der Waals surface area contributed by atoms with Crippen LogP contribution in [0.3, 0.4) is 0 Å². The predicted octanol–water partition coefficient (Wildman–Crippen LogP) is 1.64. The van der Waals surface area contributed by atoms with Crippen LogP contribution in [0.5, 0.6) is 5.75 Å². The Morgan fingerprint density at radius 1 is 1.45 bits per heavy atom. The second-order valence-electron chi connectivity index (χ2n) is 3.69. The minimum atomic E-state index is -3.66. The van der Waals surface area contributed by atoms with Gasteiger partial charge < -0.3 is 10.3 Å². The van der Waals surface area contributed by atoms with E-state index in [2.05, 4.69) is 19.8 Å². The third kappa shape index (κ3) is 3.10. The number of rotatable bonds is 5. The maximum Gasteiger partial charge on any atom is 0.490 e. The molecule has 8 nitrogen and oxygen atoms in total. The zero-order chi connectivity index (χ0) is 14.4. The number of hydrogen-bond acceptors (Lipinski definition) is 4. The molecule has 2 rings (SSSR count). The molecule has 0 aliphatic rings. The molecule has 2 aromatic rings. The van der Waals surface area contributed by atoms with Crippen LogP contribution in [-0.2, 0) is 4.57 Å². The van der Waals surface area contributed by atoms with Crippen molar-refractivity contribution in [2.75, 3.05) is 0 Å². The van der Waals surface area contributed by atoms with Crippen molar-refractivity contribution in [2.24, 2.45) is 15.5 Å². The topological polar surface area (TPSA) is 108 Å². The Morgan fingerprint density at radius 3 is 2.90 bits per heavy atom. The van der Waals surface area contributed by atoms with Gasteiger partial charge in [-0.15, -0.1) is 9.55 Å². The molecule has 0 amide bonds. The van der Waals surface area contributed by atoms with Crippen LogP contribution in [0.1, 0.15) is 5.56 Å². The largest absolute Gasteiger partial charge is 0.490 e. The maximum atomic E-state index is 12.8. The van der Waals surface area contributed by atoms with Gasteiger partial charge in [0.25, 0.3) is 0 Å². The molecule has 0 saturated carbocycles. The lowest BCUT2D eigenvalue weighted by Crippen LogP contribution is -2.03. The lowest BCUT2D eigenvalue weighted by atomic mass is 10.2. The maximum absolute atomic E-state index is 12.8. The second-order valence-corrected chi connectivity index (χ2v) is 5.50. The first-order valence-corrected chi connectivity index (χ1v) is 7.17. The quantitative estimate of drug-likeness (QED) is 0.512. The van der Waals surface area contributed by atoms with Crippen LogP contribution in [0.15, 0.2) is 46.7 Å². The highest BCUT2D eigenvalue weighted by Crippen LogP contribution is 2.49. The summed E-state index contributed by atoms with van der Waals surface area (Å²) in [7, 11) is -3.66. The first-order chi connectivity index (χ1) is 9.65. The second kappa shape index (κ2) is 6.12. The molecule has 0 bridgehead atoms. The number of para-hydroxylation sites is 1. The third-order valence-corrected chi connectivity index (χ3v) is 3.88. The molecule has 1 heterocycles. The van der Waals surface area contributed by atoms with E-state index in [0.717, 1.165) is 22.7 Å². The standard InChI is InChI=1S/C11H13N6O2P/c1-10-4-2-3-5-11(10)19-20(18,16-8-13-6-12)17-9-14-7-15-17/h2-9H,1H3,(H2,12,13,16,18). The predicted molar refractivity (Wildman–Crippen MR) is 76.0 cm³/mol. The van der Waals surface area contributed by atoms with E-state index >= 15 is 0 Å². The molecule has 104 valence electrons. The number of benzene rings is 1. The van der Waals surface area contributed by atoms with Gasteiger partial charge in [-0.1, -0.05) is 18.2 Å². The molecule has 1 aromatic heterocycles. The van der Waals surface area contributed by atoms with Crippen molar-refractivity contribution in [3.8, 4) is 5.75 Å². The number of aromatic nitrogens is 3. The molecule has 0 radical (unpaired) electrons. The van der Waals surface area contributed by atoms with Gasteiger partial charge in [-0.3, -0.25) is 0 Å². The molecule has 9 heteroatoms. The third-order valence-electron chi connectivity index (χ3n) is 2.33. The highest BCUT2D eigenvalue weighted by atomic mass is 31.2. The van der Waals surface area contributed by atoms with E-state index in [1.54, 1.807) is 12.1 Å². The van der Waals surface area contributed by atoms with E-state index in [9.17, 15) is 4.57 Å². The fourth-order valence-electron chi connectivity index (χ4n) is 1.37. The summed E-state index contributed by atoms with van der Waals surface area (Å²) in [6, 6.07) is 7.16. The number of aryl methyl sites for hydroxylation is 1. The van der Waals surface area contributed by atoms with Gasteiger partial charge in [0.05, 0.1) is 6.34 Å². The van der Waals surface area contributed by atoms with Crippen molar-refractivity contribution >= 4 is 20.3 Å². The number of aliphatic imine (C=N–C) groups is 1. The summed E-state index contributed by atoms with van der Waals surface area (Å²) in [6.45, 7) is 1.84. The Balaban J connectivity index is 2.38. The molecule has 1 atom stereocenters. The molecular weight excluding hydrogens is 279 g/mol. The highest BCUT2D eigenvalue weighted by molar-refractivity contribution is 7.56. The van der Waals surface area contributed by atoms with Crippen LogP contribution in [0.2, 0.25) is 0 Å². The van der Waals surface area contributed by atoms with Gasteiger partial charge in [-0.25, -0.2) is 14.5 Å². The molecule has 0 aliphatic carbocycles. The SMILES string of the molecule is Cc1ccccc1OP(=O)(N=CN=CN)n1cncn1. The van der Waals surface area contributed by atoms with Crippen LogP contribution in [-0.4, -0.2) is 27.2 Å². The van der Waals surface area contributed by atoms with Crippen LogP contribution in [0, 0.1) is 6.92 Å². The highest BCUT2D eigenvalue weighted by Gasteiger charge is 2.28. The molecule has 0 aliphatic heterocycles. The van der Waals surface area contributed by atoms with E-state index in [0.29, 0.717) is 5.75 Å². The summed E-state index contributed by atoms with van der Waals surface area (Å²) in [5.41, 5.74) is 5.93. The molecule has 0 spiro atoms. The van der Waals surface area contributed by atoms with Crippen LogP contribution < -0.4 is 10.3 Å². The summed E-state index contributed by atoms with van der Waals surface area (Å²) in [5.74, 6) is 0.445. The Kier molecular flexibility index (Phi) is 4.27. The fraction of sp³-hybridized carbons (Fsp3) is 0.0909. The molecular formula is C11H13N6O2P. The molecule has 1 unspecified atom stereocenters. The van der Waals surface area contributed by atoms with Crippen molar-refractivity contribution in [3.05, 3.63) is 42.5 Å². The lowest BCUT2D eigenvalue weighted by molar-refractivity contribution is 0.465. The molecule has 20 heavy (non-hydrogen) atoms. The summed E-state index contributed by atoms with van der Waals surface area (Å²) in [6.07, 6.45) is 4.60. The Hall–Kier alpha value is -2.47. The first-order valence-electron chi connectivity index (χ1n) is 5.64.